The number of halogens is 1. The third-order valence-electron chi connectivity index (χ3n) is 2.50. The second-order valence-corrected chi connectivity index (χ2v) is 6.05. The predicted octanol–water partition coefficient (Wildman–Crippen LogP) is 4.14. The summed E-state index contributed by atoms with van der Waals surface area (Å²) in [5.41, 5.74) is 1.12. The molecule has 0 saturated carbocycles. The highest BCUT2D eigenvalue weighted by atomic mass is 127. The normalized spacial score (nSPS) is 10.3. The smallest absolute Gasteiger partial charge is 0.282 e. The van der Waals surface area contributed by atoms with Gasteiger partial charge < -0.3 is 5.32 Å². The van der Waals surface area contributed by atoms with Gasteiger partial charge in [0.2, 0.25) is 0 Å². The summed E-state index contributed by atoms with van der Waals surface area (Å²) in [4.78, 5) is 10.3. The largest absolute Gasteiger partial charge is 0.385 e. The Kier molecular flexibility index (Phi) is 7.41. The van der Waals surface area contributed by atoms with Crippen LogP contribution in [0.5, 0.6) is 0 Å². The first-order chi connectivity index (χ1) is 8.65. The number of hydrogen-bond acceptors (Lipinski definition) is 4. The highest BCUT2D eigenvalue weighted by molar-refractivity contribution is 14.1. The third kappa shape index (κ3) is 5.43. The van der Waals surface area contributed by atoms with Crippen molar-refractivity contribution in [2.45, 2.75) is 19.3 Å². The Hall–Kier alpha value is -0.500. The fourth-order valence-electron chi connectivity index (χ4n) is 1.55. The molecule has 4 nitrogen and oxygen atoms in total. The number of benzene rings is 1. The predicted molar refractivity (Wildman–Crippen MR) is 86.5 cm³/mol. The van der Waals surface area contributed by atoms with Crippen molar-refractivity contribution in [1.82, 2.24) is 0 Å². The van der Waals surface area contributed by atoms with Crippen LogP contribution in [-0.2, 0) is 0 Å². The van der Waals surface area contributed by atoms with Gasteiger partial charge >= 0.3 is 0 Å². The molecular formula is C12H17IN2O2S. The minimum Gasteiger partial charge on any atom is -0.385 e. The van der Waals surface area contributed by atoms with E-state index in [1.807, 2.05) is 40.4 Å². The van der Waals surface area contributed by atoms with Crippen LogP contribution in [-0.4, -0.2) is 23.5 Å². The van der Waals surface area contributed by atoms with Gasteiger partial charge in [0, 0.05) is 18.3 Å². The summed E-state index contributed by atoms with van der Waals surface area (Å²) < 4.78 is 0.671. The molecule has 0 aliphatic heterocycles. The van der Waals surface area contributed by atoms with Gasteiger partial charge in [0.05, 0.1) is 8.49 Å². The minimum atomic E-state index is -0.353. The number of unbranched alkanes of at least 4 members (excludes halogenated alkanes) is 2. The molecule has 0 heterocycles. The van der Waals surface area contributed by atoms with E-state index in [1.54, 1.807) is 12.1 Å². The molecule has 1 aromatic rings. The number of hydrogen-bond donors (Lipinski definition) is 1. The monoisotopic (exact) mass is 380 g/mol. The molecule has 0 aliphatic rings. The highest BCUT2D eigenvalue weighted by Gasteiger charge is 2.10. The summed E-state index contributed by atoms with van der Waals surface area (Å²) in [6.45, 7) is 0.919. The van der Waals surface area contributed by atoms with Crippen LogP contribution in [0.1, 0.15) is 19.3 Å². The fraction of sp³-hybridized carbons (Fsp3) is 0.500. The Labute approximate surface area is 125 Å². The van der Waals surface area contributed by atoms with Gasteiger partial charge in [0.15, 0.2) is 0 Å². The van der Waals surface area contributed by atoms with Crippen molar-refractivity contribution in [2.75, 3.05) is 23.9 Å². The number of nitro groups is 1. The molecule has 100 valence electrons. The first kappa shape index (κ1) is 15.6. The van der Waals surface area contributed by atoms with Gasteiger partial charge in [0.1, 0.15) is 0 Å². The van der Waals surface area contributed by atoms with Crippen molar-refractivity contribution < 1.29 is 4.92 Å². The van der Waals surface area contributed by atoms with Crippen LogP contribution in [0.3, 0.4) is 0 Å². The summed E-state index contributed by atoms with van der Waals surface area (Å²) in [5, 5.41) is 14.0. The maximum Gasteiger partial charge on any atom is 0.282 e. The van der Waals surface area contributed by atoms with E-state index in [0.717, 1.165) is 18.7 Å². The molecule has 0 saturated heterocycles. The Morgan fingerprint density at radius 3 is 2.78 bits per heavy atom. The molecule has 0 bridgehead atoms. The Balaban J connectivity index is 2.35. The lowest BCUT2D eigenvalue weighted by Crippen LogP contribution is -2.02. The quantitative estimate of drug-likeness (QED) is 0.319. The van der Waals surface area contributed by atoms with Crippen LogP contribution in [0.2, 0.25) is 0 Å². The van der Waals surface area contributed by atoms with E-state index in [0.29, 0.717) is 3.57 Å². The van der Waals surface area contributed by atoms with Crippen LogP contribution in [0, 0.1) is 13.7 Å². The summed E-state index contributed by atoms with van der Waals surface area (Å²) in [5.74, 6) is 1.22. The summed E-state index contributed by atoms with van der Waals surface area (Å²) >= 11 is 3.87. The van der Waals surface area contributed by atoms with Crippen molar-refractivity contribution >= 4 is 45.7 Å². The lowest BCUT2D eigenvalue weighted by atomic mass is 10.2. The van der Waals surface area contributed by atoms with Gasteiger partial charge in [-0.05, 0) is 59.6 Å². The van der Waals surface area contributed by atoms with Crippen LogP contribution in [0.25, 0.3) is 0 Å². The lowest BCUT2D eigenvalue weighted by molar-refractivity contribution is -0.385. The van der Waals surface area contributed by atoms with Crippen molar-refractivity contribution in [1.29, 1.82) is 0 Å². The van der Waals surface area contributed by atoms with E-state index >= 15 is 0 Å². The van der Waals surface area contributed by atoms with E-state index in [1.165, 1.54) is 18.6 Å². The van der Waals surface area contributed by atoms with Crippen LogP contribution in [0.15, 0.2) is 18.2 Å². The molecule has 0 spiro atoms. The molecular weight excluding hydrogens is 363 g/mol. The standard InChI is InChI=1S/C12H17IN2O2S/c1-18-8-4-2-3-7-14-10-5-6-12(15(16)17)11(13)9-10/h5-6,9,14H,2-4,7-8H2,1H3. The van der Waals surface area contributed by atoms with E-state index in [9.17, 15) is 10.1 Å². The van der Waals surface area contributed by atoms with Gasteiger partial charge in [-0.1, -0.05) is 6.42 Å². The number of nitro benzene ring substituents is 1. The molecule has 6 heteroatoms. The molecule has 1 aromatic carbocycles. The third-order valence-corrected chi connectivity index (χ3v) is 4.06. The maximum absolute atomic E-state index is 10.7. The van der Waals surface area contributed by atoms with Crippen molar-refractivity contribution in [3.63, 3.8) is 0 Å². The lowest BCUT2D eigenvalue weighted by Gasteiger charge is -2.06. The van der Waals surface area contributed by atoms with Gasteiger partial charge in [-0.3, -0.25) is 10.1 Å². The summed E-state index contributed by atoms with van der Waals surface area (Å²) in [6, 6.07) is 5.14. The zero-order valence-electron chi connectivity index (χ0n) is 10.3. The molecule has 18 heavy (non-hydrogen) atoms. The van der Waals surface area contributed by atoms with Gasteiger partial charge in [-0.15, -0.1) is 0 Å². The maximum atomic E-state index is 10.7. The van der Waals surface area contributed by atoms with Gasteiger partial charge in [0.25, 0.3) is 5.69 Å². The van der Waals surface area contributed by atoms with E-state index in [2.05, 4.69) is 11.6 Å². The minimum absolute atomic E-state index is 0.168. The second-order valence-electron chi connectivity index (χ2n) is 3.90. The Morgan fingerprint density at radius 2 is 2.17 bits per heavy atom. The molecule has 0 aliphatic carbocycles. The summed E-state index contributed by atoms with van der Waals surface area (Å²) in [6.07, 6.45) is 5.73. The summed E-state index contributed by atoms with van der Waals surface area (Å²) in [7, 11) is 0. The average molecular weight is 380 g/mol. The number of rotatable bonds is 8. The average Bonchev–Trinajstić information content (AvgIpc) is 2.33. The van der Waals surface area contributed by atoms with E-state index in [-0.39, 0.29) is 10.6 Å². The molecule has 0 fully saturated rings. The number of anilines is 1. The Morgan fingerprint density at radius 1 is 1.39 bits per heavy atom. The fourth-order valence-corrected chi connectivity index (χ4v) is 2.75. The molecule has 0 atom stereocenters. The molecule has 1 N–H and O–H groups in total. The molecule has 0 radical (unpaired) electrons. The van der Waals surface area contributed by atoms with E-state index < -0.39 is 0 Å². The van der Waals surface area contributed by atoms with Crippen LogP contribution >= 0.6 is 34.4 Å². The van der Waals surface area contributed by atoms with Crippen molar-refractivity contribution in [3.05, 3.63) is 31.9 Å². The molecule has 0 unspecified atom stereocenters. The SMILES string of the molecule is CSCCCCCNc1ccc([N+](=O)[O-])c(I)c1. The van der Waals surface area contributed by atoms with E-state index in [4.69, 9.17) is 0 Å². The van der Waals surface area contributed by atoms with Gasteiger partial charge in [-0.2, -0.15) is 11.8 Å². The highest BCUT2D eigenvalue weighted by Crippen LogP contribution is 2.24. The number of nitrogens with zero attached hydrogens (tertiary/aromatic N) is 1. The van der Waals surface area contributed by atoms with Gasteiger partial charge in [-0.25, -0.2) is 0 Å². The van der Waals surface area contributed by atoms with Crippen LogP contribution in [0.4, 0.5) is 11.4 Å². The molecule has 0 amide bonds. The number of nitrogens with one attached hydrogen (secondary N) is 1. The van der Waals surface area contributed by atoms with Crippen LogP contribution < -0.4 is 5.32 Å². The Bertz CT molecular complexity index is 402. The molecule has 0 aromatic heterocycles. The number of thioether (sulfide) groups is 1. The topological polar surface area (TPSA) is 55.2 Å². The first-order valence-electron chi connectivity index (χ1n) is 5.82. The second kappa shape index (κ2) is 8.58. The van der Waals surface area contributed by atoms with Crippen molar-refractivity contribution in [2.24, 2.45) is 0 Å². The van der Waals surface area contributed by atoms with Crippen molar-refractivity contribution in [3.8, 4) is 0 Å². The zero-order chi connectivity index (χ0) is 13.4. The first-order valence-corrected chi connectivity index (χ1v) is 8.29. The zero-order valence-corrected chi connectivity index (χ0v) is 13.3. The molecule has 1 rings (SSSR count).